The van der Waals surface area contributed by atoms with Crippen LogP contribution in [0.1, 0.15) is 104 Å². The number of rotatable bonds is 9. The van der Waals surface area contributed by atoms with E-state index in [1.807, 2.05) is 91.0 Å². The third kappa shape index (κ3) is 8.85. The zero-order valence-electron chi connectivity index (χ0n) is 35.6. The zero-order valence-corrected chi connectivity index (χ0v) is 35.6. The van der Waals surface area contributed by atoms with E-state index in [0.29, 0.717) is 35.7 Å². The lowest BCUT2D eigenvalue weighted by atomic mass is 9.96. The normalized spacial score (nSPS) is 13.3. The Bertz CT molecular complexity index is 2750. The smallest absolute Gasteiger partial charge is 0.261 e. The Morgan fingerprint density at radius 2 is 0.984 bits per heavy atom. The molecule has 2 aliphatic carbocycles. The molecule has 0 aliphatic heterocycles. The molecular weight excluding hydrogens is 757 g/mol. The van der Waals surface area contributed by atoms with Gasteiger partial charge in [0.2, 0.25) is 0 Å². The fourth-order valence-corrected chi connectivity index (χ4v) is 8.34. The highest BCUT2D eigenvalue weighted by atomic mass is 16.5. The maximum absolute atomic E-state index is 13.8. The van der Waals surface area contributed by atoms with Gasteiger partial charge >= 0.3 is 0 Å². The van der Waals surface area contributed by atoms with Crippen molar-refractivity contribution in [2.45, 2.75) is 97.5 Å². The first-order valence-corrected chi connectivity index (χ1v) is 21.7. The highest BCUT2D eigenvalue weighted by molar-refractivity contribution is 5.68. The van der Waals surface area contributed by atoms with Gasteiger partial charge in [-0.05, 0) is 128 Å². The van der Waals surface area contributed by atoms with E-state index in [-0.39, 0.29) is 16.9 Å². The summed E-state index contributed by atoms with van der Waals surface area (Å²) in [5, 5.41) is 10.4. The standard InChI is InChI=1S/C30H30N2O2.C23H24N2O2/c1-21(2)23-16-18-24(19-17-23)32-29(31-27-14-8-6-12-25(27)30(32)33)26-13-7-9-15-28(26)34-20-22-10-4-3-5-11-22;1-15(2)16-11-13-17(14-12-16)25-22(19-8-4-6-10-21(19)26)24-20-9-5-3-7-18(20)23(25)27/h3-5,7,9-11,13,15-19,21H,6,8,12,14,20H2,1-2H3;4,6,8,10-15,26H,3,5,7,9H2,1-2H3. The first-order valence-electron chi connectivity index (χ1n) is 21.7. The molecule has 0 bridgehead atoms. The van der Waals surface area contributed by atoms with E-state index in [4.69, 9.17) is 14.7 Å². The third-order valence-corrected chi connectivity index (χ3v) is 11.9. The molecule has 0 atom stereocenters. The van der Waals surface area contributed by atoms with E-state index < -0.39 is 0 Å². The van der Waals surface area contributed by atoms with Crippen LogP contribution in [0.5, 0.6) is 11.5 Å². The van der Waals surface area contributed by atoms with Crippen LogP contribution < -0.4 is 15.9 Å². The van der Waals surface area contributed by atoms with E-state index in [1.165, 1.54) is 11.1 Å². The molecule has 0 radical (unpaired) electrons. The number of hydrogen-bond acceptors (Lipinski definition) is 6. The minimum Gasteiger partial charge on any atom is -0.507 e. The number of phenolic OH excluding ortho intramolecular Hbond substituents is 1. The number of ether oxygens (including phenoxy) is 1. The summed E-state index contributed by atoms with van der Waals surface area (Å²) in [6.07, 6.45) is 7.39. The monoisotopic (exact) mass is 810 g/mol. The minimum absolute atomic E-state index is 0.0183. The van der Waals surface area contributed by atoms with Gasteiger partial charge in [0.15, 0.2) is 11.6 Å². The number of aromatic hydroxyl groups is 1. The molecule has 0 amide bonds. The van der Waals surface area contributed by atoms with Gasteiger partial charge in [0, 0.05) is 11.1 Å². The van der Waals surface area contributed by atoms with Crippen LogP contribution in [0.25, 0.3) is 34.2 Å². The van der Waals surface area contributed by atoms with Gasteiger partial charge in [-0.2, -0.15) is 0 Å². The van der Waals surface area contributed by atoms with E-state index >= 15 is 0 Å². The van der Waals surface area contributed by atoms with Gasteiger partial charge in [-0.1, -0.05) is 107 Å². The zero-order chi connectivity index (χ0) is 42.5. The molecule has 7 aromatic rings. The summed E-state index contributed by atoms with van der Waals surface area (Å²) in [4.78, 5) is 37.1. The van der Waals surface area contributed by atoms with Crippen LogP contribution in [-0.2, 0) is 32.3 Å². The van der Waals surface area contributed by atoms with Crippen molar-refractivity contribution < 1.29 is 9.84 Å². The summed E-state index contributed by atoms with van der Waals surface area (Å²) in [5.74, 6) is 2.87. The second-order valence-corrected chi connectivity index (χ2v) is 16.7. The predicted molar refractivity (Wildman–Crippen MR) is 244 cm³/mol. The highest BCUT2D eigenvalue weighted by Gasteiger charge is 2.24. The SMILES string of the molecule is CC(C)c1ccc(-n2c(-c3ccccc3O)nc3c(c2=O)CCCC3)cc1.CC(C)c1ccc(-n2c(-c3ccccc3OCc3ccccc3)nc3c(c2=O)CCCC3)cc1. The molecule has 0 saturated heterocycles. The highest BCUT2D eigenvalue weighted by Crippen LogP contribution is 2.33. The van der Waals surface area contributed by atoms with Gasteiger partial charge in [0.1, 0.15) is 18.1 Å². The number of para-hydroxylation sites is 2. The van der Waals surface area contributed by atoms with Gasteiger partial charge in [0.05, 0.1) is 33.9 Å². The van der Waals surface area contributed by atoms with Gasteiger partial charge in [-0.3, -0.25) is 18.7 Å². The van der Waals surface area contributed by atoms with Crippen LogP contribution in [0.4, 0.5) is 0 Å². The molecule has 61 heavy (non-hydrogen) atoms. The first kappa shape index (κ1) is 41.2. The van der Waals surface area contributed by atoms with E-state index in [9.17, 15) is 14.7 Å². The second kappa shape index (κ2) is 18.4. The number of aromatic nitrogens is 4. The van der Waals surface area contributed by atoms with Crippen molar-refractivity contribution in [3.05, 3.63) is 187 Å². The van der Waals surface area contributed by atoms with Crippen molar-refractivity contribution >= 4 is 0 Å². The number of aryl methyl sites for hydroxylation is 2. The average molecular weight is 811 g/mol. The third-order valence-electron chi connectivity index (χ3n) is 11.9. The van der Waals surface area contributed by atoms with Crippen LogP contribution in [0, 0.1) is 0 Å². The molecule has 2 aliphatic rings. The largest absolute Gasteiger partial charge is 0.507 e. The fourth-order valence-electron chi connectivity index (χ4n) is 8.34. The number of fused-ring (bicyclic) bond motifs is 2. The molecule has 5 aromatic carbocycles. The van der Waals surface area contributed by atoms with Crippen LogP contribution >= 0.6 is 0 Å². The summed E-state index contributed by atoms with van der Waals surface area (Å²) < 4.78 is 9.68. The van der Waals surface area contributed by atoms with Crippen LogP contribution in [0.15, 0.2) is 137 Å². The van der Waals surface area contributed by atoms with E-state index in [1.54, 1.807) is 21.3 Å². The summed E-state index contributed by atoms with van der Waals surface area (Å²) in [5.41, 5.74) is 10.1. The van der Waals surface area contributed by atoms with Gasteiger partial charge < -0.3 is 9.84 Å². The van der Waals surface area contributed by atoms with E-state index in [0.717, 1.165) is 102 Å². The quantitative estimate of drug-likeness (QED) is 0.156. The molecule has 1 N–H and O–H groups in total. The number of hydrogen-bond donors (Lipinski definition) is 1. The van der Waals surface area contributed by atoms with Crippen molar-refractivity contribution in [1.82, 2.24) is 19.1 Å². The van der Waals surface area contributed by atoms with Crippen LogP contribution in [0.2, 0.25) is 0 Å². The molecule has 8 nitrogen and oxygen atoms in total. The minimum atomic E-state index is -0.0183. The molecule has 9 rings (SSSR count). The first-order chi connectivity index (χ1) is 29.7. The Morgan fingerprint density at radius 3 is 1.49 bits per heavy atom. The van der Waals surface area contributed by atoms with Crippen LogP contribution in [-0.4, -0.2) is 24.2 Å². The maximum atomic E-state index is 13.8. The van der Waals surface area contributed by atoms with E-state index in [2.05, 4.69) is 52.0 Å². The maximum Gasteiger partial charge on any atom is 0.261 e. The topological polar surface area (TPSA) is 99.2 Å². The predicted octanol–water partition coefficient (Wildman–Crippen LogP) is 11.1. The molecule has 0 saturated carbocycles. The molecule has 310 valence electrons. The molecule has 0 spiro atoms. The molecule has 2 heterocycles. The summed E-state index contributed by atoms with van der Waals surface area (Å²) >= 11 is 0. The van der Waals surface area contributed by atoms with Crippen molar-refractivity contribution in [3.63, 3.8) is 0 Å². The van der Waals surface area contributed by atoms with Crippen molar-refractivity contribution in [1.29, 1.82) is 0 Å². The number of benzene rings is 5. The number of phenols is 1. The van der Waals surface area contributed by atoms with Crippen molar-refractivity contribution in [3.8, 4) is 45.6 Å². The lowest BCUT2D eigenvalue weighted by molar-refractivity contribution is 0.307. The Kier molecular flexibility index (Phi) is 12.4. The second-order valence-electron chi connectivity index (χ2n) is 16.7. The Hall–Kier alpha value is -6.54. The van der Waals surface area contributed by atoms with Gasteiger partial charge in [-0.15, -0.1) is 0 Å². The molecule has 0 fully saturated rings. The molecule has 2 aromatic heterocycles. The molecule has 0 unspecified atom stereocenters. The summed E-state index contributed by atoms with van der Waals surface area (Å²) in [6, 6.07) is 41.4. The molecule has 8 heteroatoms. The lowest BCUT2D eigenvalue weighted by Gasteiger charge is -2.21. The summed E-state index contributed by atoms with van der Waals surface area (Å²) in [6.45, 7) is 9.10. The van der Waals surface area contributed by atoms with Gasteiger partial charge in [0.25, 0.3) is 11.1 Å². The Balaban J connectivity index is 0.000000173. The Morgan fingerprint density at radius 1 is 0.541 bits per heavy atom. The Labute approximate surface area is 358 Å². The van der Waals surface area contributed by atoms with Gasteiger partial charge in [-0.25, -0.2) is 9.97 Å². The average Bonchev–Trinajstić information content (AvgIpc) is 3.29. The lowest BCUT2D eigenvalue weighted by Crippen LogP contribution is -2.29. The van der Waals surface area contributed by atoms with Crippen molar-refractivity contribution in [2.24, 2.45) is 0 Å². The van der Waals surface area contributed by atoms with Crippen molar-refractivity contribution in [2.75, 3.05) is 0 Å². The fraction of sp³-hybridized carbons (Fsp3) is 0.283. The molecular formula is C53H54N4O4. The summed E-state index contributed by atoms with van der Waals surface area (Å²) in [7, 11) is 0. The van der Waals surface area contributed by atoms with Crippen LogP contribution in [0.3, 0.4) is 0 Å². The number of nitrogens with zero attached hydrogens (tertiary/aromatic N) is 4.